The maximum absolute atomic E-state index is 4.02. The molecule has 2 aliphatic rings. The van der Waals surface area contributed by atoms with Crippen LogP contribution in [0.15, 0.2) is 12.3 Å². The molecule has 2 saturated heterocycles. The fourth-order valence-electron chi connectivity index (χ4n) is 2.81. The van der Waals surface area contributed by atoms with Crippen LogP contribution in [-0.4, -0.2) is 22.3 Å². The number of hydrogen-bond acceptors (Lipinski definition) is 2. The van der Waals surface area contributed by atoms with E-state index < -0.39 is 0 Å². The van der Waals surface area contributed by atoms with Crippen molar-refractivity contribution in [1.29, 1.82) is 0 Å². The fourth-order valence-corrected chi connectivity index (χ4v) is 2.81. The van der Waals surface area contributed by atoms with Crippen LogP contribution in [0.25, 0.3) is 0 Å². The van der Waals surface area contributed by atoms with Gasteiger partial charge in [-0.25, -0.2) is 0 Å². The molecule has 13 heavy (non-hydrogen) atoms. The van der Waals surface area contributed by atoms with Crippen LogP contribution in [0.5, 0.6) is 0 Å². The van der Waals surface area contributed by atoms with Gasteiger partial charge in [-0.15, -0.1) is 0 Å². The summed E-state index contributed by atoms with van der Waals surface area (Å²) in [5.41, 5.74) is 1.33. The number of aromatic amines is 1. The van der Waals surface area contributed by atoms with E-state index in [4.69, 9.17) is 0 Å². The molecule has 2 atom stereocenters. The Morgan fingerprint density at radius 1 is 1.23 bits per heavy atom. The smallest absolute Gasteiger partial charge is 0.0490 e. The first kappa shape index (κ1) is 7.56. The maximum Gasteiger partial charge on any atom is 0.0490 e. The number of nitrogens with zero attached hydrogens (tertiary/aromatic N) is 1. The Morgan fingerprint density at radius 3 is 2.62 bits per heavy atom. The van der Waals surface area contributed by atoms with Gasteiger partial charge in [-0.05, 0) is 31.7 Å². The Balaban J connectivity index is 1.80. The van der Waals surface area contributed by atoms with Crippen molar-refractivity contribution in [2.45, 2.75) is 43.7 Å². The lowest BCUT2D eigenvalue weighted by atomic mass is 9.90. The lowest BCUT2D eigenvalue weighted by Crippen LogP contribution is -2.37. The molecule has 0 saturated carbocycles. The highest BCUT2D eigenvalue weighted by atomic mass is 15.1. The molecule has 2 aliphatic heterocycles. The lowest BCUT2D eigenvalue weighted by Gasteiger charge is -2.28. The highest BCUT2D eigenvalue weighted by molar-refractivity contribution is 5.10. The van der Waals surface area contributed by atoms with Gasteiger partial charge in [0.1, 0.15) is 0 Å². The number of fused-ring (bicyclic) bond motifs is 2. The highest BCUT2D eigenvalue weighted by Gasteiger charge is 2.34. The number of H-pyrrole nitrogens is 1. The van der Waals surface area contributed by atoms with E-state index in [1.807, 2.05) is 6.20 Å². The zero-order chi connectivity index (χ0) is 8.67. The van der Waals surface area contributed by atoms with E-state index in [0.29, 0.717) is 0 Å². The molecule has 3 heteroatoms. The third-order valence-electron chi connectivity index (χ3n) is 3.44. The fraction of sp³-hybridized carbons (Fsp3) is 0.700. The van der Waals surface area contributed by atoms with E-state index in [0.717, 1.165) is 18.0 Å². The van der Waals surface area contributed by atoms with Crippen molar-refractivity contribution in [3.8, 4) is 0 Å². The molecule has 1 aromatic rings. The maximum atomic E-state index is 4.02. The van der Waals surface area contributed by atoms with Crippen LogP contribution in [0, 0.1) is 0 Å². The van der Waals surface area contributed by atoms with Crippen LogP contribution < -0.4 is 5.32 Å². The third-order valence-corrected chi connectivity index (χ3v) is 3.44. The van der Waals surface area contributed by atoms with Gasteiger partial charge in [0, 0.05) is 29.9 Å². The quantitative estimate of drug-likeness (QED) is 0.681. The van der Waals surface area contributed by atoms with E-state index in [1.54, 1.807) is 0 Å². The van der Waals surface area contributed by atoms with Crippen molar-refractivity contribution < 1.29 is 0 Å². The molecule has 0 aromatic carbocycles. The molecule has 2 bridgehead atoms. The number of piperidine rings is 1. The Morgan fingerprint density at radius 2 is 2.00 bits per heavy atom. The predicted molar refractivity (Wildman–Crippen MR) is 50.5 cm³/mol. The molecule has 3 nitrogen and oxygen atoms in total. The zero-order valence-corrected chi connectivity index (χ0v) is 7.66. The summed E-state index contributed by atoms with van der Waals surface area (Å²) in [7, 11) is 0. The molecule has 1 aromatic heterocycles. The van der Waals surface area contributed by atoms with E-state index in [-0.39, 0.29) is 0 Å². The molecule has 2 unspecified atom stereocenters. The normalized spacial score (nSPS) is 38.0. The first-order chi connectivity index (χ1) is 6.42. The summed E-state index contributed by atoms with van der Waals surface area (Å²) in [5.74, 6) is 0.723. The molecule has 2 fully saturated rings. The minimum atomic E-state index is 0.723. The van der Waals surface area contributed by atoms with Gasteiger partial charge >= 0.3 is 0 Å². The van der Waals surface area contributed by atoms with Crippen LogP contribution in [-0.2, 0) is 0 Å². The highest BCUT2D eigenvalue weighted by Crippen LogP contribution is 2.35. The Kier molecular flexibility index (Phi) is 1.65. The molecule has 2 N–H and O–H groups in total. The SMILES string of the molecule is c1cc(C2CC3CCC(C2)N3)[nH]n1. The summed E-state index contributed by atoms with van der Waals surface area (Å²) in [6.07, 6.45) is 7.18. The zero-order valence-electron chi connectivity index (χ0n) is 7.66. The first-order valence-electron chi connectivity index (χ1n) is 5.17. The van der Waals surface area contributed by atoms with Gasteiger partial charge in [0.25, 0.3) is 0 Å². The standard InChI is InChI=1S/C10H15N3/c1-2-9-6-7(5-8(1)12-9)10-3-4-11-13-10/h3-4,7-9,12H,1-2,5-6H2,(H,11,13). The second kappa shape index (κ2) is 2.84. The minimum Gasteiger partial charge on any atom is -0.311 e. The first-order valence-corrected chi connectivity index (χ1v) is 5.17. The van der Waals surface area contributed by atoms with Gasteiger partial charge in [-0.2, -0.15) is 5.10 Å². The Bertz CT molecular complexity index is 268. The number of aromatic nitrogens is 2. The monoisotopic (exact) mass is 177 g/mol. The average Bonchev–Trinajstić information content (AvgIpc) is 2.75. The minimum absolute atomic E-state index is 0.723. The molecule has 0 aliphatic carbocycles. The molecular weight excluding hydrogens is 162 g/mol. The molecule has 3 heterocycles. The molecular formula is C10H15N3. The summed E-state index contributed by atoms with van der Waals surface area (Å²) in [5, 5.41) is 10.8. The predicted octanol–water partition coefficient (Wildman–Crippen LogP) is 1.41. The van der Waals surface area contributed by atoms with Crippen LogP contribution in [0.4, 0.5) is 0 Å². The van der Waals surface area contributed by atoms with E-state index >= 15 is 0 Å². The third kappa shape index (κ3) is 1.27. The lowest BCUT2D eigenvalue weighted by molar-refractivity contribution is 0.359. The van der Waals surface area contributed by atoms with Crippen molar-refractivity contribution in [2.24, 2.45) is 0 Å². The molecule has 0 radical (unpaired) electrons. The van der Waals surface area contributed by atoms with Crippen LogP contribution in [0.1, 0.15) is 37.3 Å². The van der Waals surface area contributed by atoms with Crippen LogP contribution >= 0.6 is 0 Å². The van der Waals surface area contributed by atoms with E-state index in [1.165, 1.54) is 31.4 Å². The summed E-state index contributed by atoms with van der Waals surface area (Å²) < 4.78 is 0. The number of hydrogen-bond donors (Lipinski definition) is 2. The Labute approximate surface area is 77.9 Å². The Hall–Kier alpha value is -0.830. The van der Waals surface area contributed by atoms with Crippen molar-refractivity contribution in [3.05, 3.63) is 18.0 Å². The molecule has 0 amide bonds. The van der Waals surface area contributed by atoms with Crippen molar-refractivity contribution >= 4 is 0 Å². The summed E-state index contributed by atoms with van der Waals surface area (Å²) in [6.45, 7) is 0. The van der Waals surface area contributed by atoms with Crippen molar-refractivity contribution in [2.75, 3.05) is 0 Å². The van der Waals surface area contributed by atoms with Crippen LogP contribution in [0.3, 0.4) is 0 Å². The second-order valence-electron chi connectivity index (χ2n) is 4.32. The molecule has 0 spiro atoms. The largest absolute Gasteiger partial charge is 0.311 e. The van der Waals surface area contributed by atoms with Crippen molar-refractivity contribution in [1.82, 2.24) is 15.5 Å². The van der Waals surface area contributed by atoms with E-state index in [9.17, 15) is 0 Å². The summed E-state index contributed by atoms with van der Waals surface area (Å²) >= 11 is 0. The molecule has 70 valence electrons. The number of rotatable bonds is 1. The van der Waals surface area contributed by atoms with Gasteiger partial charge in [0.2, 0.25) is 0 Å². The van der Waals surface area contributed by atoms with Crippen LogP contribution in [0.2, 0.25) is 0 Å². The van der Waals surface area contributed by atoms with Gasteiger partial charge in [0.15, 0.2) is 0 Å². The summed E-state index contributed by atoms with van der Waals surface area (Å²) in [4.78, 5) is 0. The topological polar surface area (TPSA) is 40.7 Å². The number of nitrogens with one attached hydrogen (secondary N) is 2. The van der Waals surface area contributed by atoms with Gasteiger partial charge in [-0.3, -0.25) is 5.10 Å². The second-order valence-corrected chi connectivity index (χ2v) is 4.32. The summed E-state index contributed by atoms with van der Waals surface area (Å²) in [6, 6.07) is 3.66. The van der Waals surface area contributed by atoms with Gasteiger partial charge < -0.3 is 5.32 Å². The molecule has 3 rings (SSSR count). The average molecular weight is 177 g/mol. The van der Waals surface area contributed by atoms with Crippen molar-refractivity contribution in [3.63, 3.8) is 0 Å². The van der Waals surface area contributed by atoms with Gasteiger partial charge in [0.05, 0.1) is 0 Å². The van der Waals surface area contributed by atoms with Gasteiger partial charge in [-0.1, -0.05) is 0 Å². The van der Waals surface area contributed by atoms with E-state index in [2.05, 4.69) is 21.6 Å².